The molecule has 0 aromatic carbocycles. The van der Waals surface area contributed by atoms with Gasteiger partial charge in [0, 0.05) is 18.3 Å². The summed E-state index contributed by atoms with van der Waals surface area (Å²) in [4.78, 5) is 0. The third-order valence-electron chi connectivity index (χ3n) is 3.45. The second-order valence-electron chi connectivity index (χ2n) is 4.97. The Morgan fingerprint density at radius 3 is 2.50 bits per heavy atom. The van der Waals surface area contributed by atoms with E-state index in [1.807, 2.05) is 6.92 Å². The molecule has 0 aliphatic heterocycles. The summed E-state index contributed by atoms with van der Waals surface area (Å²) in [5.41, 5.74) is 0. The fourth-order valence-electron chi connectivity index (χ4n) is 2.43. The summed E-state index contributed by atoms with van der Waals surface area (Å²) < 4.78 is 23.0. The normalized spacial score (nSPS) is 26.9. The van der Waals surface area contributed by atoms with Crippen molar-refractivity contribution < 1.29 is 8.42 Å². The van der Waals surface area contributed by atoms with E-state index < -0.39 is 9.84 Å². The van der Waals surface area contributed by atoms with Crippen molar-refractivity contribution in [1.29, 1.82) is 0 Å². The molecule has 1 saturated carbocycles. The lowest BCUT2D eigenvalue weighted by Crippen LogP contribution is -2.39. The third kappa shape index (κ3) is 4.83. The second kappa shape index (κ2) is 6.60. The van der Waals surface area contributed by atoms with Crippen LogP contribution in [0.25, 0.3) is 0 Å². The van der Waals surface area contributed by atoms with Gasteiger partial charge in [0.1, 0.15) is 0 Å². The molecule has 1 aliphatic rings. The van der Waals surface area contributed by atoms with Crippen molar-refractivity contribution in [3.63, 3.8) is 0 Å². The van der Waals surface area contributed by atoms with Gasteiger partial charge >= 0.3 is 0 Å². The molecule has 1 N–H and O–H groups in total. The maximum Gasteiger partial charge on any atom is 0.151 e. The van der Waals surface area contributed by atoms with Crippen LogP contribution >= 0.6 is 0 Å². The molecule has 0 amide bonds. The molecule has 16 heavy (non-hydrogen) atoms. The smallest absolute Gasteiger partial charge is 0.151 e. The predicted molar refractivity (Wildman–Crippen MR) is 68.4 cm³/mol. The van der Waals surface area contributed by atoms with Gasteiger partial charge in [0.05, 0.1) is 5.75 Å². The van der Waals surface area contributed by atoms with Gasteiger partial charge in [0.2, 0.25) is 0 Å². The molecule has 0 spiro atoms. The lowest BCUT2D eigenvalue weighted by atomic mass is 9.86. The maximum absolute atomic E-state index is 11.5. The summed E-state index contributed by atoms with van der Waals surface area (Å²) in [6, 6.07) is 0.533. The molecular weight excluding hydrogens is 222 g/mol. The van der Waals surface area contributed by atoms with Crippen LogP contribution in [-0.4, -0.2) is 32.5 Å². The van der Waals surface area contributed by atoms with Crippen LogP contribution in [0.3, 0.4) is 0 Å². The molecule has 0 heterocycles. The molecule has 2 atom stereocenters. The van der Waals surface area contributed by atoms with E-state index in [0.717, 1.165) is 6.42 Å². The van der Waals surface area contributed by atoms with Gasteiger partial charge in [0.15, 0.2) is 9.84 Å². The highest BCUT2D eigenvalue weighted by atomic mass is 32.2. The van der Waals surface area contributed by atoms with E-state index in [2.05, 4.69) is 12.2 Å². The van der Waals surface area contributed by atoms with Gasteiger partial charge in [-0.25, -0.2) is 8.42 Å². The van der Waals surface area contributed by atoms with Crippen molar-refractivity contribution in [2.45, 2.75) is 52.0 Å². The van der Waals surface area contributed by atoms with Gasteiger partial charge in [-0.3, -0.25) is 0 Å². The Morgan fingerprint density at radius 1 is 1.19 bits per heavy atom. The summed E-state index contributed by atoms with van der Waals surface area (Å²) in [5.74, 6) is 1.32. The highest BCUT2D eigenvalue weighted by molar-refractivity contribution is 7.91. The zero-order valence-electron chi connectivity index (χ0n) is 10.5. The molecule has 0 saturated heterocycles. The topological polar surface area (TPSA) is 46.2 Å². The minimum atomic E-state index is -2.81. The van der Waals surface area contributed by atoms with E-state index in [4.69, 9.17) is 0 Å². The second-order valence-corrected chi connectivity index (χ2v) is 7.28. The van der Waals surface area contributed by atoms with Crippen LogP contribution in [0, 0.1) is 5.92 Å². The first-order valence-electron chi connectivity index (χ1n) is 6.49. The van der Waals surface area contributed by atoms with Gasteiger partial charge in [-0.2, -0.15) is 0 Å². The van der Waals surface area contributed by atoms with Gasteiger partial charge in [-0.05, 0) is 25.2 Å². The quantitative estimate of drug-likeness (QED) is 0.780. The van der Waals surface area contributed by atoms with Crippen molar-refractivity contribution in [3.05, 3.63) is 0 Å². The van der Waals surface area contributed by atoms with E-state index in [0.29, 0.717) is 30.0 Å². The van der Waals surface area contributed by atoms with Crippen LogP contribution in [-0.2, 0) is 9.84 Å². The largest absolute Gasteiger partial charge is 0.313 e. The maximum atomic E-state index is 11.5. The highest BCUT2D eigenvalue weighted by Gasteiger charge is 2.21. The Balaban J connectivity index is 2.24. The van der Waals surface area contributed by atoms with Crippen molar-refractivity contribution in [3.8, 4) is 0 Å². The van der Waals surface area contributed by atoms with Crippen LogP contribution < -0.4 is 5.32 Å². The Hall–Kier alpha value is -0.0900. The standard InChI is InChI=1S/C12H25NO2S/c1-3-9-16(14,15)10-8-13-12-7-5-4-6-11(12)2/h11-13H,3-10H2,1-2H3/t11-,12-/m1/s1. The molecule has 4 heteroatoms. The Kier molecular flexibility index (Phi) is 5.76. The van der Waals surface area contributed by atoms with Crippen LogP contribution in [0.5, 0.6) is 0 Å². The lowest BCUT2D eigenvalue weighted by Gasteiger charge is -2.29. The minimum Gasteiger partial charge on any atom is -0.313 e. The molecule has 0 aromatic rings. The Labute approximate surface area is 99.9 Å². The lowest BCUT2D eigenvalue weighted by molar-refractivity contribution is 0.285. The van der Waals surface area contributed by atoms with E-state index in [-0.39, 0.29) is 0 Å². The van der Waals surface area contributed by atoms with Crippen LogP contribution in [0.2, 0.25) is 0 Å². The molecule has 0 bridgehead atoms. The van der Waals surface area contributed by atoms with E-state index >= 15 is 0 Å². The predicted octanol–water partition coefficient (Wildman–Crippen LogP) is 1.98. The van der Waals surface area contributed by atoms with E-state index in [9.17, 15) is 8.42 Å². The molecular formula is C12H25NO2S. The number of hydrogen-bond donors (Lipinski definition) is 1. The first-order chi connectivity index (χ1) is 7.55. The van der Waals surface area contributed by atoms with E-state index in [1.54, 1.807) is 0 Å². The Morgan fingerprint density at radius 2 is 1.88 bits per heavy atom. The molecule has 0 unspecified atom stereocenters. The molecule has 1 rings (SSSR count). The zero-order chi connectivity index (χ0) is 12.0. The highest BCUT2D eigenvalue weighted by Crippen LogP contribution is 2.23. The molecule has 0 aromatic heterocycles. The summed E-state index contributed by atoms with van der Waals surface area (Å²) >= 11 is 0. The van der Waals surface area contributed by atoms with Gasteiger partial charge < -0.3 is 5.32 Å². The van der Waals surface area contributed by atoms with Crippen LogP contribution in [0.4, 0.5) is 0 Å². The fraction of sp³-hybridized carbons (Fsp3) is 1.00. The molecule has 96 valence electrons. The Bertz CT molecular complexity index is 287. The molecule has 3 nitrogen and oxygen atoms in total. The van der Waals surface area contributed by atoms with Crippen molar-refractivity contribution in [2.24, 2.45) is 5.92 Å². The number of rotatable bonds is 6. The van der Waals surface area contributed by atoms with Gasteiger partial charge in [0.25, 0.3) is 0 Å². The zero-order valence-corrected chi connectivity index (χ0v) is 11.4. The van der Waals surface area contributed by atoms with Crippen LogP contribution in [0.15, 0.2) is 0 Å². The SMILES string of the molecule is CCCS(=O)(=O)CCN[C@@H]1CCCC[C@H]1C. The van der Waals surface area contributed by atoms with E-state index in [1.165, 1.54) is 25.7 Å². The fourth-order valence-corrected chi connectivity index (χ4v) is 3.69. The summed E-state index contributed by atoms with van der Waals surface area (Å²) in [7, 11) is -2.81. The monoisotopic (exact) mass is 247 g/mol. The molecule has 1 fully saturated rings. The van der Waals surface area contributed by atoms with Crippen molar-refractivity contribution in [1.82, 2.24) is 5.32 Å². The molecule has 0 radical (unpaired) electrons. The first kappa shape index (κ1) is 14.0. The summed E-state index contributed by atoms with van der Waals surface area (Å²) in [6.45, 7) is 4.79. The van der Waals surface area contributed by atoms with Gasteiger partial charge in [-0.1, -0.05) is 26.7 Å². The van der Waals surface area contributed by atoms with Crippen molar-refractivity contribution >= 4 is 9.84 Å². The minimum absolute atomic E-state index is 0.296. The average molecular weight is 247 g/mol. The van der Waals surface area contributed by atoms with Gasteiger partial charge in [-0.15, -0.1) is 0 Å². The first-order valence-corrected chi connectivity index (χ1v) is 8.31. The average Bonchev–Trinajstić information content (AvgIpc) is 2.20. The van der Waals surface area contributed by atoms with Crippen LogP contribution in [0.1, 0.15) is 46.0 Å². The third-order valence-corrected chi connectivity index (χ3v) is 5.30. The summed E-state index contributed by atoms with van der Waals surface area (Å²) in [6.07, 6.45) is 5.81. The molecule has 1 aliphatic carbocycles. The number of hydrogen-bond acceptors (Lipinski definition) is 3. The summed E-state index contributed by atoms with van der Waals surface area (Å²) in [5, 5.41) is 3.41. The number of nitrogens with one attached hydrogen (secondary N) is 1. The number of sulfone groups is 1. The van der Waals surface area contributed by atoms with Crippen molar-refractivity contribution in [2.75, 3.05) is 18.1 Å².